The van der Waals surface area contributed by atoms with Crippen LogP contribution in [0.3, 0.4) is 0 Å². The summed E-state index contributed by atoms with van der Waals surface area (Å²) in [7, 11) is -1.66. The summed E-state index contributed by atoms with van der Waals surface area (Å²) in [5.74, 6) is 0.251. The molecule has 10 nitrogen and oxygen atoms in total. The van der Waals surface area contributed by atoms with E-state index in [1.165, 1.54) is 16.4 Å². The molecular weight excluding hydrogens is 523 g/mol. The zero-order valence-electron chi connectivity index (χ0n) is 22.1. The van der Waals surface area contributed by atoms with Gasteiger partial charge in [0.25, 0.3) is 0 Å². The summed E-state index contributed by atoms with van der Waals surface area (Å²) in [6, 6.07) is 11.0. The number of hydrogen-bond acceptors (Lipinski definition) is 8. The van der Waals surface area contributed by atoms with Gasteiger partial charge in [0.15, 0.2) is 0 Å². The maximum absolute atomic E-state index is 13.3. The minimum absolute atomic E-state index is 0.113. The molecule has 2 aromatic carbocycles. The smallest absolute Gasteiger partial charge is 0.243 e. The van der Waals surface area contributed by atoms with Crippen LogP contribution in [-0.2, 0) is 21.4 Å². The lowest BCUT2D eigenvalue weighted by atomic mass is 9.96. The standard InChI is InChI=1S/C27H33FN6O4S/c1-19-3-8-23(17-24(19)39(36,37)34-15-13-32(2)14-16-34)29-27(35)21-9-11-33(12-10-21)18-25-30-26(31-38-25)20-4-6-22(28)7-5-20/h3-8,17,21H,9-16,18H2,1-2H3,(H,29,35). The van der Waals surface area contributed by atoms with E-state index in [1.807, 2.05) is 7.05 Å². The lowest BCUT2D eigenvalue weighted by Crippen LogP contribution is -2.47. The number of amides is 1. The second-order valence-corrected chi connectivity index (χ2v) is 12.2. The van der Waals surface area contributed by atoms with Gasteiger partial charge in [0, 0.05) is 43.3 Å². The summed E-state index contributed by atoms with van der Waals surface area (Å²) in [6.07, 6.45) is 1.31. The average Bonchev–Trinajstić information content (AvgIpc) is 3.39. The predicted octanol–water partition coefficient (Wildman–Crippen LogP) is 2.97. The van der Waals surface area contributed by atoms with E-state index in [4.69, 9.17) is 4.52 Å². The number of nitrogens with zero attached hydrogens (tertiary/aromatic N) is 5. The number of nitrogens with one attached hydrogen (secondary N) is 1. The molecule has 2 saturated heterocycles. The van der Waals surface area contributed by atoms with Crippen LogP contribution in [0.1, 0.15) is 24.3 Å². The number of carbonyl (C=O) groups excluding carboxylic acids is 1. The van der Waals surface area contributed by atoms with Crippen molar-refractivity contribution in [2.24, 2.45) is 5.92 Å². The van der Waals surface area contributed by atoms with E-state index in [2.05, 4.69) is 25.3 Å². The first kappa shape index (κ1) is 27.4. The summed E-state index contributed by atoms with van der Waals surface area (Å²) in [5, 5.41) is 6.92. The molecule has 0 saturated carbocycles. The van der Waals surface area contributed by atoms with Crippen LogP contribution in [0, 0.1) is 18.7 Å². The van der Waals surface area contributed by atoms with Crippen molar-refractivity contribution in [3.63, 3.8) is 0 Å². The fourth-order valence-corrected chi connectivity index (χ4v) is 6.62. The summed E-state index contributed by atoms with van der Waals surface area (Å²) < 4.78 is 46.6. The molecule has 2 fully saturated rings. The molecule has 0 aliphatic carbocycles. The molecule has 0 radical (unpaired) electrons. The van der Waals surface area contributed by atoms with Crippen LogP contribution in [0.5, 0.6) is 0 Å². The molecule has 5 rings (SSSR count). The topological polar surface area (TPSA) is 112 Å². The van der Waals surface area contributed by atoms with Gasteiger partial charge >= 0.3 is 0 Å². The third kappa shape index (κ3) is 6.35. The molecule has 2 aliphatic heterocycles. The van der Waals surface area contributed by atoms with Crippen molar-refractivity contribution in [3.05, 3.63) is 59.7 Å². The first-order valence-electron chi connectivity index (χ1n) is 13.1. The Morgan fingerprint density at radius 3 is 2.44 bits per heavy atom. The van der Waals surface area contributed by atoms with E-state index < -0.39 is 10.0 Å². The number of carbonyl (C=O) groups is 1. The van der Waals surface area contributed by atoms with E-state index in [9.17, 15) is 17.6 Å². The highest BCUT2D eigenvalue weighted by atomic mass is 32.2. The minimum Gasteiger partial charge on any atom is -0.338 e. The lowest BCUT2D eigenvalue weighted by Gasteiger charge is -2.32. The molecule has 0 bridgehead atoms. The highest BCUT2D eigenvalue weighted by Gasteiger charge is 2.30. The van der Waals surface area contributed by atoms with Gasteiger partial charge < -0.3 is 14.7 Å². The second-order valence-electron chi connectivity index (χ2n) is 10.2. The van der Waals surface area contributed by atoms with Gasteiger partial charge in [-0.15, -0.1) is 0 Å². The van der Waals surface area contributed by atoms with Crippen LogP contribution in [-0.4, -0.2) is 84.9 Å². The van der Waals surface area contributed by atoms with E-state index in [-0.39, 0.29) is 22.5 Å². The van der Waals surface area contributed by atoms with Crippen LogP contribution < -0.4 is 5.32 Å². The molecule has 0 unspecified atom stereocenters. The molecule has 1 aromatic heterocycles. The number of likely N-dealkylation sites (N-methyl/N-ethyl adjacent to an activating group) is 1. The number of aromatic nitrogens is 2. The van der Waals surface area contributed by atoms with Gasteiger partial charge in [0.1, 0.15) is 5.82 Å². The van der Waals surface area contributed by atoms with Gasteiger partial charge in [-0.2, -0.15) is 9.29 Å². The van der Waals surface area contributed by atoms with Crippen LogP contribution in [0.2, 0.25) is 0 Å². The number of piperidine rings is 1. The van der Waals surface area contributed by atoms with Crippen molar-refractivity contribution >= 4 is 21.6 Å². The van der Waals surface area contributed by atoms with Gasteiger partial charge in [0.05, 0.1) is 11.4 Å². The number of hydrogen-bond donors (Lipinski definition) is 1. The van der Waals surface area contributed by atoms with Gasteiger partial charge in [-0.1, -0.05) is 11.2 Å². The average molecular weight is 557 g/mol. The van der Waals surface area contributed by atoms with E-state index >= 15 is 0 Å². The van der Waals surface area contributed by atoms with Crippen molar-refractivity contribution in [3.8, 4) is 11.4 Å². The number of likely N-dealkylation sites (tertiary alicyclic amines) is 1. The molecule has 39 heavy (non-hydrogen) atoms. The Kier molecular flexibility index (Phi) is 8.08. The highest BCUT2D eigenvalue weighted by Crippen LogP contribution is 2.26. The fraction of sp³-hybridized carbons (Fsp3) is 0.444. The minimum atomic E-state index is -3.64. The van der Waals surface area contributed by atoms with Crippen molar-refractivity contribution < 1.29 is 22.1 Å². The summed E-state index contributed by atoms with van der Waals surface area (Å²) in [5.41, 5.74) is 1.82. The summed E-state index contributed by atoms with van der Waals surface area (Å²) in [6.45, 7) is 5.89. The molecule has 3 heterocycles. The number of piperazine rings is 1. The normalized spacial score (nSPS) is 18.3. The Balaban J connectivity index is 1.16. The fourth-order valence-electron chi connectivity index (χ4n) is 4.95. The quantitative estimate of drug-likeness (QED) is 0.473. The van der Waals surface area contributed by atoms with E-state index in [0.29, 0.717) is 87.2 Å². The third-order valence-electron chi connectivity index (χ3n) is 7.42. The second kappa shape index (κ2) is 11.5. The molecule has 3 aromatic rings. The van der Waals surface area contributed by atoms with Crippen molar-refractivity contribution in [1.82, 2.24) is 24.2 Å². The van der Waals surface area contributed by atoms with Crippen LogP contribution in [0.15, 0.2) is 51.9 Å². The predicted molar refractivity (Wildman–Crippen MR) is 144 cm³/mol. The lowest BCUT2D eigenvalue weighted by molar-refractivity contribution is -0.121. The van der Waals surface area contributed by atoms with Crippen molar-refractivity contribution in [2.75, 3.05) is 51.6 Å². The Labute approximate surface area is 227 Å². The van der Waals surface area contributed by atoms with Crippen molar-refractivity contribution in [1.29, 1.82) is 0 Å². The van der Waals surface area contributed by atoms with Gasteiger partial charge in [-0.05, 0) is 81.9 Å². The Morgan fingerprint density at radius 1 is 1.05 bits per heavy atom. The molecule has 0 atom stereocenters. The van der Waals surface area contributed by atoms with Gasteiger partial charge in [-0.3, -0.25) is 9.69 Å². The van der Waals surface area contributed by atoms with Gasteiger partial charge in [-0.25, -0.2) is 12.8 Å². The zero-order valence-corrected chi connectivity index (χ0v) is 23.0. The van der Waals surface area contributed by atoms with Crippen molar-refractivity contribution in [2.45, 2.75) is 31.2 Å². The number of anilines is 1. The van der Waals surface area contributed by atoms with Crippen LogP contribution in [0.4, 0.5) is 10.1 Å². The number of aryl methyl sites for hydroxylation is 1. The SMILES string of the molecule is Cc1ccc(NC(=O)C2CCN(Cc3nc(-c4ccc(F)cc4)no3)CC2)cc1S(=O)(=O)N1CCN(C)CC1. The summed E-state index contributed by atoms with van der Waals surface area (Å²) >= 11 is 0. The Morgan fingerprint density at radius 2 is 1.74 bits per heavy atom. The first-order chi connectivity index (χ1) is 18.7. The third-order valence-corrected chi connectivity index (χ3v) is 9.46. The number of sulfonamides is 1. The molecular formula is C27H33FN6O4S. The molecule has 12 heteroatoms. The van der Waals surface area contributed by atoms with E-state index in [1.54, 1.807) is 37.3 Å². The van der Waals surface area contributed by atoms with E-state index in [0.717, 1.165) is 0 Å². The Bertz CT molecular complexity index is 1410. The largest absolute Gasteiger partial charge is 0.338 e. The maximum Gasteiger partial charge on any atom is 0.243 e. The highest BCUT2D eigenvalue weighted by molar-refractivity contribution is 7.89. The molecule has 1 amide bonds. The molecule has 208 valence electrons. The Hall–Kier alpha value is -3.19. The number of rotatable bonds is 7. The molecule has 1 N–H and O–H groups in total. The summed E-state index contributed by atoms with van der Waals surface area (Å²) in [4.78, 5) is 21.9. The first-order valence-corrected chi connectivity index (χ1v) is 14.5. The van der Waals surface area contributed by atoms with Crippen LogP contribution in [0.25, 0.3) is 11.4 Å². The van der Waals surface area contributed by atoms with Gasteiger partial charge in [0.2, 0.25) is 27.6 Å². The maximum atomic E-state index is 13.3. The van der Waals surface area contributed by atoms with Crippen LogP contribution >= 0.6 is 0 Å². The molecule has 0 spiro atoms. The molecule has 2 aliphatic rings. The number of benzene rings is 2. The monoisotopic (exact) mass is 556 g/mol. The zero-order chi connectivity index (χ0) is 27.6. The number of halogens is 1.